The highest BCUT2D eigenvalue weighted by Gasteiger charge is 2.32. The van der Waals surface area contributed by atoms with Crippen molar-refractivity contribution in [2.24, 2.45) is 0 Å². The Bertz CT molecular complexity index is 1250. The van der Waals surface area contributed by atoms with Crippen molar-refractivity contribution >= 4 is 60.4 Å². The van der Waals surface area contributed by atoms with Crippen molar-refractivity contribution in [2.45, 2.75) is 45.1 Å². The highest BCUT2D eigenvalue weighted by atomic mass is 35.5. The maximum absolute atomic E-state index is 13.9. The van der Waals surface area contributed by atoms with Crippen molar-refractivity contribution in [3.8, 4) is 0 Å². The van der Waals surface area contributed by atoms with Crippen LogP contribution in [0.2, 0.25) is 5.02 Å². The molecule has 9 nitrogen and oxygen atoms in total. The molecule has 0 spiro atoms. The fourth-order valence-corrected chi connectivity index (χ4v) is 5.69. The summed E-state index contributed by atoms with van der Waals surface area (Å²) in [6.07, 6.45) is 7.34. The van der Waals surface area contributed by atoms with Crippen LogP contribution in [0, 0.1) is 6.92 Å². The zero-order chi connectivity index (χ0) is 25.2. The number of amides is 1. The molecule has 200 valence electrons. The molecule has 3 aromatic rings. The molecule has 1 atom stereocenters. The van der Waals surface area contributed by atoms with E-state index in [2.05, 4.69) is 23.4 Å². The van der Waals surface area contributed by atoms with Crippen molar-refractivity contribution in [3.63, 3.8) is 0 Å². The fourth-order valence-electron chi connectivity index (χ4n) is 5.16. The molecular formula is C25H34ClN7O2S2. The second-order valence-electron chi connectivity index (χ2n) is 9.36. The normalized spacial score (nSPS) is 17.9. The van der Waals surface area contributed by atoms with E-state index in [0.29, 0.717) is 22.8 Å². The van der Waals surface area contributed by atoms with E-state index in [1.54, 1.807) is 29.7 Å². The van der Waals surface area contributed by atoms with E-state index < -0.39 is 0 Å². The Kier molecular flexibility index (Phi) is 9.12. The van der Waals surface area contributed by atoms with Crippen LogP contribution in [0.5, 0.6) is 0 Å². The van der Waals surface area contributed by atoms with Crippen LogP contribution in [-0.2, 0) is 4.18 Å². The molecule has 0 bridgehead atoms. The van der Waals surface area contributed by atoms with Crippen molar-refractivity contribution in [1.29, 1.82) is 0 Å². The average molecular weight is 564 g/mol. The van der Waals surface area contributed by atoms with E-state index in [0.717, 1.165) is 67.3 Å². The van der Waals surface area contributed by atoms with Crippen LogP contribution in [0.3, 0.4) is 0 Å². The predicted octanol–water partition coefficient (Wildman–Crippen LogP) is 5.24. The molecule has 2 saturated heterocycles. The summed E-state index contributed by atoms with van der Waals surface area (Å²) in [5.41, 5.74) is 7.20. The van der Waals surface area contributed by atoms with Gasteiger partial charge in [-0.05, 0) is 57.2 Å². The van der Waals surface area contributed by atoms with Crippen molar-refractivity contribution in [2.75, 3.05) is 44.1 Å². The number of fused-ring (bicyclic) bond motifs is 1. The predicted molar refractivity (Wildman–Crippen MR) is 155 cm³/mol. The molecule has 5 rings (SSSR count). The van der Waals surface area contributed by atoms with Gasteiger partial charge in [-0.15, -0.1) is 4.41 Å². The maximum Gasteiger partial charge on any atom is 0.256 e. The molecule has 2 aliphatic rings. The molecule has 0 unspecified atom stereocenters. The number of aryl methyl sites for hydroxylation is 1. The second-order valence-corrected chi connectivity index (χ2v) is 10.8. The lowest BCUT2D eigenvalue weighted by atomic mass is 9.98. The van der Waals surface area contributed by atoms with Crippen molar-refractivity contribution in [3.05, 3.63) is 52.3 Å². The molecule has 12 heteroatoms. The summed E-state index contributed by atoms with van der Waals surface area (Å²) >= 11 is 7.40. The lowest BCUT2D eigenvalue weighted by molar-refractivity contribution is 0.0606. The number of nitrogens with zero attached hydrogens (tertiary/aromatic N) is 6. The summed E-state index contributed by atoms with van der Waals surface area (Å²) in [6.45, 7) is 4.86. The number of hydrazine groups is 1. The summed E-state index contributed by atoms with van der Waals surface area (Å²) in [6, 6.07) is 7.22. The average Bonchev–Trinajstić information content (AvgIpc) is 3.53. The molecular weight excluding hydrogens is 530 g/mol. The van der Waals surface area contributed by atoms with Gasteiger partial charge in [0.1, 0.15) is 18.0 Å². The van der Waals surface area contributed by atoms with Crippen LogP contribution >= 0.6 is 37.3 Å². The smallest absolute Gasteiger partial charge is 0.256 e. The third kappa shape index (κ3) is 5.96. The van der Waals surface area contributed by atoms with Crippen LogP contribution in [-0.4, -0.2) is 63.6 Å². The molecule has 2 fully saturated rings. The Hall–Kier alpha value is -2.18. The molecule has 0 radical (unpaired) electrons. The third-order valence-corrected chi connectivity index (χ3v) is 7.51. The first-order chi connectivity index (χ1) is 17.4. The SMILES string of the molecule is COSN(C)Nc1cc(Cl)ccc1C(=O)N1CCCC[C@H]1c1cc2nc(N3CCCC3)c(C)cn2n1.S. The van der Waals surface area contributed by atoms with Crippen LogP contribution in [0.25, 0.3) is 5.65 Å². The number of nitrogens with one attached hydrogen (secondary N) is 1. The lowest BCUT2D eigenvalue weighted by Gasteiger charge is -2.35. The number of likely N-dealkylation sites (tertiary alicyclic amines) is 1. The highest BCUT2D eigenvalue weighted by Crippen LogP contribution is 2.34. The zero-order valence-corrected chi connectivity index (χ0v) is 24.0. The number of hydrogen-bond acceptors (Lipinski definition) is 8. The Balaban J connectivity index is 0.00000320. The first kappa shape index (κ1) is 27.8. The quantitative estimate of drug-likeness (QED) is 0.237. The first-order valence-corrected chi connectivity index (χ1v) is 13.5. The van der Waals surface area contributed by atoms with E-state index in [1.165, 1.54) is 12.8 Å². The number of carbonyl (C=O) groups is 1. The van der Waals surface area contributed by atoms with Crippen molar-refractivity contribution in [1.82, 2.24) is 23.9 Å². The van der Waals surface area contributed by atoms with Gasteiger partial charge >= 0.3 is 0 Å². The molecule has 1 N–H and O–H groups in total. The standard InChI is InChI=1S/C25H32ClN7O2S.H2S/c1-17-16-33-23(27-24(17)31-11-6-7-12-31)15-21(29-33)22-8-4-5-13-32(22)25(34)19-10-9-18(26)14-20(19)28-30(2)36-35-3;/h9-10,14-16,22,28H,4-8,11-13H2,1-3H3;1H2/t22-;/m0./s1. The number of hydrogen-bond donors (Lipinski definition) is 1. The number of rotatable bonds is 7. The first-order valence-electron chi connectivity index (χ1n) is 12.4. The van der Waals surface area contributed by atoms with Gasteiger partial charge in [0.25, 0.3) is 5.91 Å². The van der Waals surface area contributed by atoms with E-state index in [-0.39, 0.29) is 25.4 Å². The molecule has 1 aromatic carbocycles. The maximum atomic E-state index is 13.9. The number of halogens is 1. The van der Waals surface area contributed by atoms with E-state index in [9.17, 15) is 4.79 Å². The van der Waals surface area contributed by atoms with Crippen LogP contribution in [0.4, 0.5) is 11.5 Å². The number of anilines is 2. The summed E-state index contributed by atoms with van der Waals surface area (Å²) in [5, 5.41) is 5.43. The van der Waals surface area contributed by atoms with Crippen molar-refractivity contribution < 1.29 is 8.98 Å². The Morgan fingerprint density at radius 2 is 1.95 bits per heavy atom. The Labute approximate surface area is 234 Å². The number of carbonyl (C=O) groups excluding carboxylic acids is 1. The van der Waals surface area contributed by atoms with Crippen LogP contribution < -0.4 is 10.3 Å². The molecule has 0 saturated carbocycles. The van der Waals surface area contributed by atoms with Gasteiger partial charge in [-0.25, -0.2) is 9.50 Å². The topological polar surface area (TPSA) is 78.2 Å². The Morgan fingerprint density at radius 3 is 2.70 bits per heavy atom. The molecule has 4 heterocycles. The van der Waals surface area contributed by atoms with Gasteiger partial charge in [0.05, 0.1) is 30.1 Å². The molecule has 0 aliphatic carbocycles. The summed E-state index contributed by atoms with van der Waals surface area (Å²) in [5.74, 6) is 0.992. The largest absolute Gasteiger partial charge is 0.356 e. The summed E-state index contributed by atoms with van der Waals surface area (Å²) in [7, 11) is 3.40. The Morgan fingerprint density at radius 1 is 1.19 bits per heavy atom. The zero-order valence-electron chi connectivity index (χ0n) is 21.4. The van der Waals surface area contributed by atoms with E-state index >= 15 is 0 Å². The number of piperidine rings is 1. The van der Waals surface area contributed by atoms with E-state index in [4.69, 9.17) is 25.9 Å². The number of aromatic nitrogens is 3. The van der Waals surface area contributed by atoms with Gasteiger partial charge in [-0.1, -0.05) is 11.6 Å². The lowest BCUT2D eigenvalue weighted by Crippen LogP contribution is -2.39. The minimum atomic E-state index is -0.113. The van der Waals surface area contributed by atoms with Gasteiger partial charge in [-0.2, -0.15) is 18.6 Å². The summed E-state index contributed by atoms with van der Waals surface area (Å²) < 4.78 is 8.65. The van der Waals surface area contributed by atoms with Gasteiger partial charge in [0.2, 0.25) is 0 Å². The fraction of sp³-hybridized carbons (Fsp3) is 0.480. The molecule has 1 amide bonds. The van der Waals surface area contributed by atoms with Gasteiger partial charge in [-0.3, -0.25) is 4.79 Å². The minimum absolute atomic E-state index is 0. The van der Waals surface area contributed by atoms with E-state index in [1.807, 2.05) is 22.5 Å². The van der Waals surface area contributed by atoms with Gasteiger partial charge in [0.15, 0.2) is 5.65 Å². The number of benzene rings is 1. The second kappa shape index (κ2) is 12.1. The monoisotopic (exact) mass is 563 g/mol. The highest BCUT2D eigenvalue weighted by molar-refractivity contribution is 7.92. The van der Waals surface area contributed by atoms with Crippen LogP contribution in [0.15, 0.2) is 30.5 Å². The molecule has 37 heavy (non-hydrogen) atoms. The summed E-state index contributed by atoms with van der Waals surface area (Å²) in [4.78, 5) is 23.1. The van der Waals surface area contributed by atoms with Crippen LogP contribution in [0.1, 0.15) is 59.8 Å². The molecule has 2 aromatic heterocycles. The van der Waals surface area contributed by atoms with Gasteiger partial charge in [0, 0.05) is 49.5 Å². The third-order valence-electron chi connectivity index (χ3n) is 6.81. The molecule has 2 aliphatic heterocycles. The minimum Gasteiger partial charge on any atom is -0.356 e. The van der Waals surface area contributed by atoms with Gasteiger partial charge < -0.3 is 19.4 Å².